The van der Waals surface area contributed by atoms with Crippen LogP contribution in [0.1, 0.15) is 104 Å². The number of unbranched alkanes of at least 4 members (excludes halogenated alkanes) is 12. The van der Waals surface area contributed by atoms with Gasteiger partial charge in [0.1, 0.15) is 0 Å². The second kappa shape index (κ2) is 23.9. The van der Waals surface area contributed by atoms with Crippen molar-refractivity contribution < 1.29 is 14.2 Å². The first-order valence-electron chi connectivity index (χ1n) is 11.1. The predicted octanol–water partition coefficient (Wildman–Crippen LogP) is 6.54. The van der Waals surface area contributed by atoms with Crippen LogP contribution in [-0.4, -0.2) is 39.6 Å². The van der Waals surface area contributed by atoms with E-state index in [1.165, 1.54) is 89.9 Å². The SMILES string of the molecule is CCCCCCCCCCCCCOCCOCCOCCCCC. The molecule has 0 bridgehead atoms. The molecule has 3 nitrogen and oxygen atoms in total. The molecule has 0 aliphatic carbocycles. The van der Waals surface area contributed by atoms with Gasteiger partial charge in [-0.25, -0.2) is 0 Å². The van der Waals surface area contributed by atoms with Crippen molar-refractivity contribution in [3.63, 3.8) is 0 Å². The van der Waals surface area contributed by atoms with Crippen LogP contribution in [-0.2, 0) is 14.2 Å². The maximum Gasteiger partial charge on any atom is 0.0701 e. The molecule has 0 aromatic heterocycles. The van der Waals surface area contributed by atoms with Gasteiger partial charge >= 0.3 is 0 Å². The third kappa shape index (κ3) is 23.9. The Bertz CT molecular complexity index is 199. The zero-order valence-electron chi connectivity index (χ0n) is 17.4. The van der Waals surface area contributed by atoms with Crippen molar-refractivity contribution in [1.29, 1.82) is 0 Å². The largest absolute Gasteiger partial charge is 0.379 e. The van der Waals surface area contributed by atoms with Crippen LogP contribution in [0.15, 0.2) is 0 Å². The Labute approximate surface area is 158 Å². The summed E-state index contributed by atoms with van der Waals surface area (Å²) in [5.74, 6) is 0. The van der Waals surface area contributed by atoms with Gasteiger partial charge < -0.3 is 14.2 Å². The minimum Gasteiger partial charge on any atom is -0.379 e. The predicted molar refractivity (Wildman–Crippen MR) is 108 cm³/mol. The topological polar surface area (TPSA) is 27.7 Å². The summed E-state index contributed by atoms with van der Waals surface area (Å²) in [5.41, 5.74) is 0. The van der Waals surface area contributed by atoms with Crippen LogP contribution < -0.4 is 0 Å². The summed E-state index contributed by atoms with van der Waals surface area (Å²) in [5, 5.41) is 0. The van der Waals surface area contributed by atoms with Crippen molar-refractivity contribution in [3.8, 4) is 0 Å². The van der Waals surface area contributed by atoms with E-state index in [1.54, 1.807) is 0 Å². The summed E-state index contributed by atoms with van der Waals surface area (Å²) in [6.45, 7) is 9.04. The van der Waals surface area contributed by atoms with Crippen molar-refractivity contribution >= 4 is 0 Å². The van der Waals surface area contributed by atoms with Crippen LogP contribution in [0.3, 0.4) is 0 Å². The van der Waals surface area contributed by atoms with Gasteiger partial charge in [-0.2, -0.15) is 0 Å². The van der Waals surface area contributed by atoms with Crippen LogP contribution in [0, 0.1) is 0 Å². The molecule has 0 saturated heterocycles. The van der Waals surface area contributed by atoms with Crippen LogP contribution in [0.2, 0.25) is 0 Å². The molecule has 0 aromatic rings. The number of ether oxygens (including phenoxy) is 3. The van der Waals surface area contributed by atoms with E-state index in [1.807, 2.05) is 0 Å². The first-order valence-corrected chi connectivity index (χ1v) is 11.1. The highest BCUT2D eigenvalue weighted by Gasteiger charge is 1.94. The molecule has 0 unspecified atom stereocenters. The van der Waals surface area contributed by atoms with E-state index in [0.29, 0.717) is 26.4 Å². The van der Waals surface area contributed by atoms with Gasteiger partial charge in [0.2, 0.25) is 0 Å². The van der Waals surface area contributed by atoms with Crippen LogP contribution >= 0.6 is 0 Å². The third-order valence-corrected chi connectivity index (χ3v) is 4.53. The molecule has 0 aliphatic rings. The van der Waals surface area contributed by atoms with Crippen molar-refractivity contribution in [1.82, 2.24) is 0 Å². The summed E-state index contributed by atoms with van der Waals surface area (Å²) in [6, 6.07) is 0. The summed E-state index contributed by atoms with van der Waals surface area (Å²) >= 11 is 0. The average molecular weight is 359 g/mol. The lowest BCUT2D eigenvalue weighted by Crippen LogP contribution is -2.10. The van der Waals surface area contributed by atoms with Crippen molar-refractivity contribution in [2.24, 2.45) is 0 Å². The zero-order valence-corrected chi connectivity index (χ0v) is 17.4. The smallest absolute Gasteiger partial charge is 0.0701 e. The Hall–Kier alpha value is -0.120. The van der Waals surface area contributed by atoms with Gasteiger partial charge in [0.25, 0.3) is 0 Å². The highest BCUT2D eigenvalue weighted by atomic mass is 16.5. The molecule has 0 amide bonds. The molecule has 0 radical (unpaired) electrons. The van der Waals surface area contributed by atoms with E-state index in [4.69, 9.17) is 14.2 Å². The molecule has 0 rings (SSSR count). The highest BCUT2D eigenvalue weighted by molar-refractivity contribution is 4.48. The van der Waals surface area contributed by atoms with Gasteiger partial charge in [0, 0.05) is 13.2 Å². The number of hydrogen-bond acceptors (Lipinski definition) is 3. The van der Waals surface area contributed by atoms with Crippen molar-refractivity contribution in [2.45, 2.75) is 104 Å². The zero-order chi connectivity index (χ0) is 18.3. The molecular weight excluding hydrogens is 312 g/mol. The fourth-order valence-corrected chi connectivity index (χ4v) is 2.86. The molecule has 25 heavy (non-hydrogen) atoms. The van der Waals surface area contributed by atoms with Gasteiger partial charge in [-0.05, 0) is 12.8 Å². The van der Waals surface area contributed by atoms with E-state index in [9.17, 15) is 0 Å². The molecule has 0 N–H and O–H groups in total. The first-order chi connectivity index (χ1) is 12.4. The lowest BCUT2D eigenvalue weighted by molar-refractivity contribution is 0.0133. The van der Waals surface area contributed by atoms with Crippen molar-refractivity contribution in [3.05, 3.63) is 0 Å². The van der Waals surface area contributed by atoms with Gasteiger partial charge in [-0.15, -0.1) is 0 Å². The molecule has 0 heterocycles. The summed E-state index contributed by atoms with van der Waals surface area (Å²) in [7, 11) is 0. The normalized spacial score (nSPS) is 11.3. The molecule has 0 fully saturated rings. The van der Waals surface area contributed by atoms with Gasteiger partial charge in [0.15, 0.2) is 0 Å². The van der Waals surface area contributed by atoms with Crippen LogP contribution in [0.5, 0.6) is 0 Å². The third-order valence-electron chi connectivity index (χ3n) is 4.53. The maximum absolute atomic E-state index is 5.61. The summed E-state index contributed by atoms with van der Waals surface area (Å²) in [4.78, 5) is 0. The molecule has 3 heteroatoms. The second-order valence-electron chi connectivity index (χ2n) is 7.08. The minimum absolute atomic E-state index is 0.688. The van der Waals surface area contributed by atoms with E-state index >= 15 is 0 Å². The molecule has 152 valence electrons. The van der Waals surface area contributed by atoms with Gasteiger partial charge in [0.05, 0.1) is 26.4 Å². The minimum atomic E-state index is 0.688. The van der Waals surface area contributed by atoms with Crippen LogP contribution in [0.25, 0.3) is 0 Å². The second-order valence-corrected chi connectivity index (χ2v) is 7.08. The van der Waals surface area contributed by atoms with E-state index < -0.39 is 0 Å². The molecule has 0 atom stereocenters. The number of rotatable bonds is 22. The molecular formula is C22H46O3. The average Bonchev–Trinajstić information content (AvgIpc) is 2.63. The van der Waals surface area contributed by atoms with Crippen molar-refractivity contribution in [2.75, 3.05) is 39.6 Å². The molecule has 0 saturated carbocycles. The Morgan fingerprint density at radius 3 is 1.04 bits per heavy atom. The maximum atomic E-state index is 5.61. The lowest BCUT2D eigenvalue weighted by atomic mass is 10.1. The van der Waals surface area contributed by atoms with E-state index in [-0.39, 0.29) is 0 Å². The molecule has 0 aliphatic heterocycles. The molecule has 0 spiro atoms. The quantitative estimate of drug-likeness (QED) is 0.206. The Morgan fingerprint density at radius 2 is 0.600 bits per heavy atom. The standard InChI is InChI=1S/C22H46O3/c1-3-5-7-8-9-10-11-12-13-14-16-18-24-20-22-25-21-19-23-17-15-6-4-2/h3-22H2,1-2H3. The Kier molecular flexibility index (Phi) is 23.8. The monoisotopic (exact) mass is 358 g/mol. The Balaban J connectivity index is 2.94. The highest BCUT2D eigenvalue weighted by Crippen LogP contribution is 2.11. The fourth-order valence-electron chi connectivity index (χ4n) is 2.86. The first kappa shape index (κ1) is 24.9. The van der Waals surface area contributed by atoms with Gasteiger partial charge in [-0.3, -0.25) is 0 Å². The lowest BCUT2D eigenvalue weighted by Gasteiger charge is -2.07. The summed E-state index contributed by atoms with van der Waals surface area (Å²) in [6.07, 6.45) is 18.9. The van der Waals surface area contributed by atoms with Gasteiger partial charge in [-0.1, -0.05) is 90.9 Å². The fraction of sp³-hybridized carbons (Fsp3) is 1.00. The van der Waals surface area contributed by atoms with E-state index in [2.05, 4.69) is 13.8 Å². The van der Waals surface area contributed by atoms with E-state index in [0.717, 1.165) is 13.2 Å². The number of hydrogen-bond donors (Lipinski definition) is 0. The summed E-state index contributed by atoms with van der Waals surface area (Å²) < 4.78 is 16.6. The molecule has 0 aromatic carbocycles. The Morgan fingerprint density at radius 1 is 0.320 bits per heavy atom. The van der Waals surface area contributed by atoms with Crippen LogP contribution in [0.4, 0.5) is 0 Å².